The number of carbonyl (C=O) groups is 3. The van der Waals surface area contributed by atoms with Crippen molar-refractivity contribution in [3.63, 3.8) is 0 Å². The third kappa shape index (κ3) is 9.00. The number of ketones is 2. The van der Waals surface area contributed by atoms with Gasteiger partial charge in [-0.2, -0.15) is 0 Å². The fourth-order valence-corrected chi connectivity index (χ4v) is 4.86. The Bertz CT molecular complexity index is 1060. The Morgan fingerprint density at radius 1 is 1.03 bits per heavy atom. The summed E-state index contributed by atoms with van der Waals surface area (Å²) in [6.45, 7) is 3.43. The highest BCUT2D eigenvalue weighted by atomic mass is 19.3. The largest absolute Gasteiger partial charge is 0.338 e. The molecule has 9 heteroatoms. The van der Waals surface area contributed by atoms with Crippen LogP contribution < -0.4 is 10.6 Å². The smallest absolute Gasteiger partial charge is 0.319 e. The van der Waals surface area contributed by atoms with E-state index in [4.69, 9.17) is 0 Å². The molecule has 2 amide bonds. The summed E-state index contributed by atoms with van der Waals surface area (Å²) in [7, 11) is 0. The third-order valence-corrected chi connectivity index (χ3v) is 6.76. The molecular weight excluding hydrogens is 483 g/mol. The van der Waals surface area contributed by atoms with E-state index in [1.165, 1.54) is 44.2 Å². The molecule has 0 radical (unpaired) electrons. The summed E-state index contributed by atoms with van der Waals surface area (Å²) in [5.41, 5.74) is 2.03. The molecule has 2 aromatic carbocycles. The summed E-state index contributed by atoms with van der Waals surface area (Å²) in [6.07, 6.45) is 1.20. The Labute approximate surface area is 215 Å². The van der Waals surface area contributed by atoms with Crippen molar-refractivity contribution >= 4 is 23.3 Å². The van der Waals surface area contributed by atoms with Gasteiger partial charge in [0.05, 0.1) is 6.54 Å². The maximum Gasteiger partial charge on any atom is 0.319 e. The van der Waals surface area contributed by atoms with Crippen LogP contribution in [0.1, 0.15) is 65.8 Å². The molecule has 0 aromatic heterocycles. The first kappa shape index (κ1) is 28.4. The van der Waals surface area contributed by atoms with E-state index in [9.17, 15) is 27.6 Å². The van der Waals surface area contributed by atoms with Crippen LogP contribution in [0.25, 0.3) is 0 Å². The standard InChI is InChI=1S/C28H34F3N3O3/c1-18(35)22-14-23(19(2)36)16-25(15-22)33-28(37)32-10-3-4-26-13-21(9-11-34(26)17-27(30)31)12-20-5-7-24(29)8-6-20/h5-8,14-16,21,26-27H,3-4,9-13,17H2,1-2H3,(H2,32,33,37)/t21-,26-/m0/s1. The van der Waals surface area contributed by atoms with Gasteiger partial charge in [-0.05, 0) is 94.3 Å². The van der Waals surface area contributed by atoms with Crippen LogP contribution in [-0.2, 0) is 6.42 Å². The van der Waals surface area contributed by atoms with E-state index >= 15 is 0 Å². The predicted octanol–water partition coefficient (Wildman–Crippen LogP) is 5.72. The molecule has 1 saturated heterocycles. The van der Waals surface area contributed by atoms with Crippen LogP contribution in [0, 0.1) is 11.7 Å². The zero-order valence-corrected chi connectivity index (χ0v) is 21.2. The monoisotopic (exact) mass is 517 g/mol. The van der Waals surface area contributed by atoms with Crippen LogP contribution in [0.15, 0.2) is 42.5 Å². The molecule has 37 heavy (non-hydrogen) atoms. The minimum absolute atomic E-state index is 0.0246. The van der Waals surface area contributed by atoms with Crippen molar-refractivity contribution in [2.75, 3.05) is 25.0 Å². The summed E-state index contributed by atoms with van der Waals surface area (Å²) >= 11 is 0. The van der Waals surface area contributed by atoms with Gasteiger partial charge in [0.2, 0.25) is 0 Å². The third-order valence-electron chi connectivity index (χ3n) is 6.76. The van der Waals surface area contributed by atoms with E-state index in [2.05, 4.69) is 10.6 Å². The number of urea groups is 1. The highest BCUT2D eigenvalue weighted by Crippen LogP contribution is 2.29. The fraction of sp³-hybridized carbons (Fsp3) is 0.464. The van der Waals surface area contributed by atoms with Crippen molar-refractivity contribution in [3.8, 4) is 0 Å². The molecule has 0 saturated carbocycles. The molecule has 1 fully saturated rings. The Kier molecular flexibility index (Phi) is 10.3. The molecule has 0 bridgehead atoms. The number of hydrogen-bond donors (Lipinski definition) is 2. The number of rotatable bonds is 11. The second-order valence-electron chi connectivity index (χ2n) is 9.70. The van der Waals surface area contributed by atoms with Gasteiger partial charge in [0.15, 0.2) is 11.6 Å². The number of piperidine rings is 1. The van der Waals surface area contributed by atoms with Crippen molar-refractivity contribution in [3.05, 3.63) is 65.0 Å². The number of likely N-dealkylation sites (tertiary alicyclic amines) is 1. The normalized spacial score (nSPS) is 18.0. The SMILES string of the molecule is CC(=O)c1cc(NC(=O)NCCC[C@H]2C[C@H](Cc3ccc(F)cc3)CCN2CC(F)F)cc(C(C)=O)c1. The van der Waals surface area contributed by atoms with Crippen LogP contribution in [-0.4, -0.2) is 54.6 Å². The minimum Gasteiger partial charge on any atom is -0.338 e. The summed E-state index contributed by atoms with van der Waals surface area (Å²) in [6, 6.07) is 10.4. The van der Waals surface area contributed by atoms with E-state index in [1.807, 2.05) is 4.90 Å². The van der Waals surface area contributed by atoms with E-state index in [0.717, 1.165) is 24.8 Å². The molecule has 6 nitrogen and oxygen atoms in total. The average Bonchev–Trinajstić information content (AvgIpc) is 2.84. The maximum absolute atomic E-state index is 13.2. The number of amides is 2. The zero-order chi connectivity index (χ0) is 26.9. The zero-order valence-electron chi connectivity index (χ0n) is 21.2. The van der Waals surface area contributed by atoms with Gasteiger partial charge in [0, 0.05) is 29.4 Å². The van der Waals surface area contributed by atoms with Crippen LogP contribution in [0.4, 0.5) is 23.7 Å². The Hall–Kier alpha value is -3.20. The molecule has 1 aliphatic heterocycles. The van der Waals surface area contributed by atoms with Crippen LogP contribution in [0.5, 0.6) is 0 Å². The summed E-state index contributed by atoms with van der Waals surface area (Å²) in [5, 5.41) is 5.41. The lowest BCUT2D eigenvalue weighted by molar-refractivity contribution is 0.0321. The molecule has 2 atom stereocenters. The van der Waals surface area contributed by atoms with Crippen molar-refractivity contribution in [1.82, 2.24) is 10.2 Å². The van der Waals surface area contributed by atoms with Crippen molar-refractivity contribution in [1.29, 1.82) is 0 Å². The first-order valence-electron chi connectivity index (χ1n) is 12.6. The van der Waals surface area contributed by atoms with Crippen molar-refractivity contribution in [2.24, 2.45) is 5.92 Å². The Morgan fingerprint density at radius 2 is 1.68 bits per heavy atom. The molecule has 0 unspecified atom stereocenters. The number of nitrogens with zero attached hydrogens (tertiary/aromatic N) is 1. The Morgan fingerprint density at radius 3 is 2.27 bits per heavy atom. The van der Waals surface area contributed by atoms with Crippen LogP contribution >= 0.6 is 0 Å². The number of carbonyl (C=O) groups excluding carboxylic acids is 3. The quantitative estimate of drug-likeness (QED) is 0.295. The number of alkyl halides is 2. The average molecular weight is 518 g/mol. The van der Waals surface area contributed by atoms with E-state index in [-0.39, 0.29) is 30.0 Å². The second kappa shape index (κ2) is 13.4. The lowest BCUT2D eigenvalue weighted by Crippen LogP contribution is -2.45. The highest BCUT2D eigenvalue weighted by Gasteiger charge is 2.29. The first-order valence-corrected chi connectivity index (χ1v) is 12.6. The molecule has 0 aliphatic carbocycles. The molecule has 1 aliphatic rings. The van der Waals surface area contributed by atoms with Gasteiger partial charge in [-0.1, -0.05) is 12.1 Å². The lowest BCUT2D eigenvalue weighted by atomic mass is 9.84. The fourth-order valence-electron chi connectivity index (χ4n) is 4.86. The Balaban J connectivity index is 1.52. The van der Waals surface area contributed by atoms with Gasteiger partial charge >= 0.3 is 6.03 Å². The molecule has 3 rings (SSSR count). The van der Waals surface area contributed by atoms with E-state index in [0.29, 0.717) is 48.7 Å². The molecule has 1 heterocycles. The highest BCUT2D eigenvalue weighted by molar-refractivity contribution is 6.02. The van der Waals surface area contributed by atoms with Gasteiger partial charge in [-0.3, -0.25) is 14.5 Å². The number of benzene rings is 2. The van der Waals surface area contributed by atoms with E-state index in [1.54, 1.807) is 12.1 Å². The second-order valence-corrected chi connectivity index (χ2v) is 9.70. The topological polar surface area (TPSA) is 78.5 Å². The molecule has 0 spiro atoms. The number of anilines is 1. The van der Waals surface area contributed by atoms with E-state index < -0.39 is 12.5 Å². The maximum atomic E-state index is 13.2. The molecule has 2 N–H and O–H groups in total. The van der Waals surface area contributed by atoms with Gasteiger partial charge in [-0.15, -0.1) is 0 Å². The molecule has 2 aromatic rings. The number of hydrogen-bond acceptors (Lipinski definition) is 4. The number of nitrogens with one attached hydrogen (secondary N) is 2. The summed E-state index contributed by atoms with van der Waals surface area (Å²) < 4.78 is 39.5. The van der Waals surface area contributed by atoms with Gasteiger partial charge in [-0.25, -0.2) is 18.0 Å². The van der Waals surface area contributed by atoms with Crippen molar-refractivity contribution in [2.45, 2.75) is 58.4 Å². The predicted molar refractivity (Wildman–Crippen MR) is 137 cm³/mol. The van der Waals surface area contributed by atoms with Crippen LogP contribution in [0.3, 0.4) is 0 Å². The van der Waals surface area contributed by atoms with Crippen molar-refractivity contribution < 1.29 is 27.6 Å². The molecular formula is C28H34F3N3O3. The minimum atomic E-state index is -2.41. The lowest BCUT2D eigenvalue weighted by Gasteiger charge is -2.39. The summed E-state index contributed by atoms with van der Waals surface area (Å²) in [5.74, 6) is -0.393. The summed E-state index contributed by atoms with van der Waals surface area (Å²) in [4.78, 5) is 37.7. The van der Waals surface area contributed by atoms with Crippen LogP contribution in [0.2, 0.25) is 0 Å². The van der Waals surface area contributed by atoms with Gasteiger partial charge in [0.25, 0.3) is 6.43 Å². The number of halogens is 3. The first-order chi connectivity index (χ1) is 17.6. The van der Waals surface area contributed by atoms with Gasteiger partial charge in [0.1, 0.15) is 5.82 Å². The van der Waals surface area contributed by atoms with Gasteiger partial charge < -0.3 is 10.6 Å². The number of Topliss-reactive ketones (excluding diaryl/α,β-unsaturated/α-hetero) is 2. The molecule has 200 valence electrons.